The van der Waals surface area contributed by atoms with Gasteiger partial charge in [-0.25, -0.2) is 4.79 Å². The fourth-order valence-corrected chi connectivity index (χ4v) is 5.76. The number of para-hydroxylation sites is 1. The lowest BCUT2D eigenvalue weighted by molar-refractivity contribution is 0.386. The van der Waals surface area contributed by atoms with Crippen molar-refractivity contribution in [3.05, 3.63) is 110 Å². The standard InChI is InChI=1S/C31H31ClN8O2S/c1-36-27-26(28(41)37(2)31(36)42)40(20-21-8-6-7-11-25(21)32)29(35-27)38-16-18-39(19-17-38)30(43)34-24-14-12-23(13-15-24)33-22-9-4-3-5-10-22/h3-15,33H,16-20H2,1-2H3,(H,34,43). The highest BCUT2D eigenvalue weighted by Crippen LogP contribution is 2.25. The topological polar surface area (TPSA) is 92.4 Å². The summed E-state index contributed by atoms with van der Waals surface area (Å²) in [6.07, 6.45) is 0. The Balaban J connectivity index is 1.19. The van der Waals surface area contributed by atoms with Crippen LogP contribution in [0, 0.1) is 0 Å². The van der Waals surface area contributed by atoms with E-state index in [4.69, 9.17) is 28.8 Å². The van der Waals surface area contributed by atoms with Gasteiger partial charge in [0, 0.05) is 62.4 Å². The van der Waals surface area contributed by atoms with Gasteiger partial charge in [0.2, 0.25) is 5.95 Å². The zero-order valence-corrected chi connectivity index (χ0v) is 25.4. The van der Waals surface area contributed by atoms with E-state index in [1.165, 1.54) is 11.6 Å². The number of piperazine rings is 1. The van der Waals surface area contributed by atoms with Crippen molar-refractivity contribution >= 4 is 63.1 Å². The second kappa shape index (κ2) is 11.9. The minimum Gasteiger partial charge on any atom is -0.356 e. The Kier molecular flexibility index (Phi) is 7.92. The zero-order valence-electron chi connectivity index (χ0n) is 23.8. The first-order chi connectivity index (χ1) is 20.8. The van der Waals surface area contributed by atoms with Crippen molar-refractivity contribution in [2.45, 2.75) is 6.54 Å². The monoisotopic (exact) mass is 614 g/mol. The lowest BCUT2D eigenvalue weighted by Crippen LogP contribution is -2.50. The predicted octanol–water partition coefficient (Wildman–Crippen LogP) is 4.40. The molecule has 6 rings (SSSR count). The second-order valence-electron chi connectivity index (χ2n) is 10.4. The van der Waals surface area contributed by atoms with Gasteiger partial charge in [0.1, 0.15) is 0 Å². The minimum atomic E-state index is -0.420. The summed E-state index contributed by atoms with van der Waals surface area (Å²) in [6.45, 7) is 2.91. The molecule has 0 atom stereocenters. The van der Waals surface area contributed by atoms with Crippen LogP contribution in [0.1, 0.15) is 5.56 Å². The van der Waals surface area contributed by atoms with Crippen LogP contribution in [0.25, 0.3) is 11.2 Å². The van der Waals surface area contributed by atoms with Crippen molar-refractivity contribution in [3.63, 3.8) is 0 Å². The quantitative estimate of drug-likeness (QED) is 0.272. The highest BCUT2D eigenvalue weighted by Gasteiger charge is 2.27. The van der Waals surface area contributed by atoms with Gasteiger partial charge in [-0.2, -0.15) is 4.98 Å². The number of nitrogens with zero attached hydrogens (tertiary/aromatic N) is 6. The van der Waals surface area contributed by atoms with Crippen LogP contribution in [-0.2, 0) is 20.6 Å². The van der Waals surface area contributed by atoms with Crippen LogP contribution in [0.5, 0.6) is 0 Å². The van der Waals surface area contributed by atoms with E-state index >= 15 is 0 Å². The lowest BCUT2D eigenvalue weighted by atomic mass is 10.2. The summed E-state index contributed by atoms with van der Waals surface area (Å²) >= 11 is 12.3. The van der Waals surface area contributed by atoms with E-state index in [0.29, 0.717) is 60.0 Å². The molecule has 0 saturated carbocycles. The van der Waals surface area contributed by atoms with Gasteiger partial charge in [-0.15, -0.1) is 0 Å². The summed E-state index contributed by atoms with van der Waals surface area (Å²) in [5.74, 6) is 0.619. The van der Waals surface area contributed by atoms with E-state index in [-0.39, 0.29) is 0 Å². The third-order valence-electron chi connectivity index (χ3n) is 7.66. The molecular formula is C31H31ClN8O2S. The van der Waals surface area contributed by atoms with Gasteiger partial charge in [-0.1, -0.05) is 48.0 Å². The molecule has 0 aliphatic carbocycles. The number of nitrogens with one attached hydrogen (secondary N) is 2. The molecule has 0 spiro atoms. The van der Waals surface area contributed by atoms with Crippen LogP contribution in [0.2, 0.25) is 5.02 Å². The van der Waals surface area contributed by atoms with E-state index < -0.39 is 11.2 Å². The maximum Gasteiger partial charge on any atom is 0.332 e. The maximum atomic E-state index is 13.3. The Morgan fingerprint density at radius 2 is 1.47 bits per heavy atom. The summed E-state index contributed by atoms with van der Waals surface area (Å²) in [5.41, 5.74) is 3.68. The predicted molar refractivity (Wildman–Crippen MR) is 177 cm³/mol. The average Bonchev–Trinajstić information content (AvgIpc) is 3.41. The number of rotatable bonds is 6. The van der Waals surface area contributed by atoms with Crippen molar-refractivity contribution < 1.29 is 0 Å². The first-order valence-electron chi connectivity index (χ1n) is 13.9. The summed E-state index contributed by atoms with van der Waals surface area (Å²) in [5, 5.41) is 7.97. The number of thiocarbonyl (C=S) groups is 1. The minimum absolute atomic E-state index is 0.342. The maximum absolute atomic E-state index is 13.3. The molecular weight excluding hydrogens is 584 g/mol. The Morgan fingerprint density at radius 3 is 2.16 bits per heavy atom. The van der Waals surface area contributed by atoms with Crippen LogP contribution < -0.4 is 26.8 Å². The Hall–Kier alpha value is -4.61. The Morgan fingerprint density at radius 1 is 0.837 bits per heavy atom. The first-order valence-corrected chi connectivity index (χ1v) is 14.7. The van der Waals surface area contributed by atoms with Gasteiger partial charge < -0.3 is 20.4 Å². The highest BCUT2D eigenvalue weighted by molar-refractivity contribution is 7.80. The van der Waals surface area contributed by atoms with Gasteiger partial charge in [-0.3, -0.25) is 18.5 Å². The van der Waals surface area contributed by atoms with Crippen molar-refractivity contribution in [3.8, 4) is 0 Å². The molecule has 0 unspecified atom stereocenters. The number of imidazole rings is 1. The molecule has 12 heteroatoms. The first kappa shape index (κ1) is 28.5. The normalized spacial score (nSPS) is 13.4. The van der Waals surface area contributed by atoms with Crippen molar-refractivity contribution in [1.82, 2.24) is 23.6 Å². The highest BCUT2D eigenvalue weighted by atomic mass is 35.5. The van der Waals surface area contributed by atoms with Crippen LogP contribution in [0.4, 0.5) is 23.0 Å². The molecule has 2 aromatic heterocycles. The van der Waals surface area contributed by atoms with E-state index in [1.54, 1.807) is 7.05 Å². The molecule has 3 heterocycles. The molecule has 1 aliphatic rings. The molecule has 1 fully saturated rings. The number of hydrogen-bond acceptors (Lipinski definition) is 6. The smallest absolute Gasteiger partial charge is 0.332 e. The van der Waals surface area contributed by atoms with Crippen LogP contribution in [-0.4, -0.2) is 54.9 Å². The molecule has 220 valence electrons. The summed E-state index contributed by atoms with van der Waals surface area (Å²) in [6, 6.07) is 25.6. The number of halogens is 1. The molecule has 10 nitrogen and oxygen atoms in total. The molecule has 5 aromatic rings. The average molecular weight is 615 g/mol. The number of anilines is 4. The van der Waals surface area contributed by atoms with E-state index in [9.17, 15) is 9.59 Å². The number of benzene rings is 3. The Bertz CT molecular complexity index is 1910. The van der Waals surface area contributed by atoms with Gasteiger partial charge in [-0.05, 0) is 60.2 Å². The van der Waals surface area contributed by atoms with E-state index in [1.807, 2.05) is 83.4 Å². The molecule has 2 N–H and O–H groups in total. The zero-order chi connectivity index (χ0) is 30.1. The van der Waals surface area contributed by atoms with E-state index in [0.717, 1.165) is 27.2 Å². The van der Waals surface area contributed by atoms with Gasteiger partial charge in [0.25, 0.3) is 5.56 Å². The number of aryl methyl sites for hydroxylation is 1. The summed E-state index contributed by atoms with van der Waals surface area (Å²) < 4.78 is 4.40. The number of fused-ring (bicyclic) bond motifs is 1. The van der Waals surface area contributed by atoms with Crippen molar-refractivity contribution in [1.29, 1.82) is 0 Å². The summed E-state index contributed by atoms with van der Waals surface area (Å²) in [4.78, 5) is 35.1. The fraction of sp³-hybridized carbons (Fsp3) is 0.226. The molecule has 1 saturated heterocycles. The SMILES string of the molecule is Cn1c(=O)c2c(nc(N3CCN(C(=S)Nc4ccc(Nc5ccccc5)cc4)CC3)n2Cc2ccccc2Cl)n(C)c1=O. The molecule has 3 aromatic carbocycles. The fourth-order valence-electron chi connectivity index (χ4n) is 5.26. The lowest BCUT2D eigenvalue weighted by Gasteiger charge is -2.36. The molecule has 0 radical (unpaired) electrons. The Labute approximate surface area is 258 Å². The van der Waals surface area contributed by atoms with Gasteiger partial charge >= 0.3 is 5.69 Å². The van der Waals surface area contributed by atoms with Crippen LogP contribution in [0.3, 0.4) is 0 Å². The molecule has 1 aliphatic heterocycles. The van der Waals surface area contributed by atoms with Crippen LogP contribution in [0.15, 0.2) is 88.5 Å². The third-order valence-corrected chi connectivity index (χ3v) is 8.39. The van der Waals surface area contributed by atoms with Crippen molar-refractivity contribution in [2.24, 2.45) is 14.1 Å². The second-order valence-corrected chi connectivity index (χ2v) is 11.2. The number of hydrogen-bond donors (Lipinski definition) is 2. The van der Waals surface area contributed by atoms with Crippen molar-refractivity contribution in [2.75, 3.05) is 41.7 Å². The summed E-state index contributed by atoms with van der Waals surface area (Å²) in [7, 11) is 3.11. The largest absolute Gasteiger partial charge is 0.356 e. The van der Waals surface area contributed by atoms with Gasteiger partial charge in [0.15, 0.2) is 16.3 Å². The number of aromatic nitrogens is 4. The molecule has 0 bridgehead atoms. The van der Waals surface area contributed by atoms with Gasteiger partial charge in [0.05, 0.1) is 6.54 Å². The molecule has 43 heavy (non-hydrogen) atoms. The van der Waals surface area contributed by atoms with Crippen LogP contribution >= 0.6 is 23.8 Å². The van der Waals surface area contributed by atoms with E-state index in [2.05, 4.69) is 20.4 Å². The molecule has 0 amide bonds. The third kappa shape index (κ3) is 5.73.